The molecule has 7 rings (SSSR count). The van der Waals surface area contributed by atoms with Gasteiger partial charge in [0.15, 0.2) is 6.17 Å². The van der Waals surface area contributed by atoms with Gasteiger partial charge in [0.1, 0.15) is 0 Å². The van der Waals surface area contributed by atoms with Crippen molar-refractivity contribution in [2.75, 3.05) is 6.61 Å². The van der Waals surface area contributed by atoms with E-state index in [2.05, 4.69) is 6.92 Å². The molecular weight excluding hydrogens is 373 g/mol. The van der Waals surface area contributed by atoms with Gasteiger partial charge in [-0.2, -0.15) is 0 Å². The summed E-state index contributed by atoms with van der Waals surface area (Å²) in [6.45, 7) is 4.15. The molecule has 7 aliphatic rings. The molecule has 1 atom stereocenters. The fourth-order valence-electron chi connectivity index (χ4n) is 8.01. The van der Waals surface area contributed by atoms with E-state index in [0.29, 0.717) is 31.1 Å². The molecule has 166 valence electrons. The Bertz CT molecular complexity index is 603. The first-order valence-electron chi connectivity index (χ1n) is 12.3. The molecule has 1 unspecified atom stereocenters. The lowest BCUT2D eigenvalue weighted by atomic mass is 9.51. The molecule has 7 fully saturated rings. The Morgan fingerprint density at radius 2 is 1.34 bits per heavy atom. The Kier molecular flexibility index (Phi) is 4.72. The molecule has 0 heterocycles. The van der Waals surface area contributed by atoms with Crippen LogP contribution in [0, 0.1) is 28.1 Å². The molecule has 0 aromatic rings. The Morgan fingerprint density at radius 3 is 1.90 bits per heavy atom. The molecule has 0 N–H and O–H groups in total. The molecule has 0 amide bonds. The van der Waals surface area contributed by atoms with E-state index < -0.39 is 22.9 Å². The summed E-state index contributed by atoms with van der Waals surface area (Å²) in [6, 6.07) is 0. The van der Waals surface area contributed by atoms with Gasteiger partial charge in [-0.05, 0) is 94.3 Å². The zero-order valence-corrected chi connectivity index (χ0v) is 18.4. The van der Waals surface area contributed by atoms with Crippen LogP contribution in [0.3, 0.4) is 0 Å². The van der Waals surface area contributed by atoms with Crippen LogP contribution >= 0.6 is 0 Å². The van der Waals surface area contributed by atoms with Gasteiger partial charge in [0, 0.05) is 5.41 Å². The number of alkyl halides is 3. The number of hydrogen-bond acceptors (Lipinski definition) is 1. The summed E-state index contributed by atoms with van der Waals surface area (Å²) in [5, 5.41) is 0. The van der Waals surface area contributed by atoms with Crippen molar-refractivity contribution in [1.82, 2.24) is 0 Å². The van der Waals surface area contributed by atoms with Gasteiger partial charge in [-0.1, -0.05) is 26.7 Å². The summed E-state index contributed by atoms with van der Waals surface area (Å²) in [4.78, 5) is 0. The van der Waals surface area contributed by atoms with E-state index in [0.717, 1.165) is 31.1 Å². The number of halogens is 3. The van der Waals surface area contributed by atoms with E-state index in [1.54, 1.807) is 6.92 Å². The molecule has 0 aliphatic heterocycles. The van der Waals surface area contributed by atoms with E-state index in [9.17, 15) is 4.39 Å². The SMILES string of the molecule is CC1CCC(C23CCC(OCC45CCC(C)(CC4)C(F)C5(F)F)(CC2)CC3)CC1. The zero-order valence-electron chi connectivity index (χ0n) is 18.4. The van der Waals surface area contributed by atoms with Gasteiger partial charge in [0.25, 0.3) is 5.92 Å². The van der Waals surface area contributed by atoms with Crippen LogP contribution in [-0.2, 0) is 4.74 Å². The summed E-state index contributed by atoms with van der Waals surface area (Å²) in [6.07, 6.45) is 12.1. The summed E-state index contributed by atoms with van der Waals surface area (Å²) in [7, 11) is 0. The van der Waals surface area contributed by atoms with Crippen LogP contribution in [-0.4, -0.2) is 24.3 Å². The first-order valence-corrected chi connectivity index (χ1v) is 12.3. The minimum absolute atomic E-state index is 0.0600. The average molecular weight is 413 g/mol. The van der Waals surface area contributed by atoms with Crippen molar-refractivity contribution >= 4 is 0 Å². The van der Waals surface area contributed by atoms with Crippen LogP contribution in [0.1, 0.15) is 104 Å². The molecule has 0 radical (unpaired) electrons. The first-order chi connectivity index (χ1) is 13.6. The summed E-state index contributed by atoms with van der Waals surface area (Å²) in [5.74, 6) is -1.51. The predicted molar refractivity (Wildman–Crippen MR) is 109 cm³/mol. The molecule has 0 spiro atoms. The lowest BCUT2D eigenvalue weighted by Gasteiger charge is -2.60. The average Bonchev–Trinajstić information content (AvgIpc) is 2.74. The van der Waals surface area contributed by atoms with Gasteiger partial charge >= 0.3 is 0 Å². The van der Waals surface area contributed by atoms with Crippen LogP contribution in [0.5, 0.6) is 0 Å². The summed E-state index contributed by atoms with van der Waals surface area (Å²) >= 11 is 0. The lowest BCUT2D eigenvalue weighted by Crippen LogP contribution is -2.65. The molecule has 4 heteroatoms. The highest BCUT2D eigenvalue weighted by atomic mass is 19.3. The maximum absolute atomic E-state index is 15.1. The smallest absolute Gasteiger partial charge is 0.286 e. The summed E-state index contributed by atoms with van der Waals surface area (Å²) in [5.41, 5.74) is -1.83. The summed E-state index contributed by atoms with van der Waals surface area (Å²) < 4.78 is 51.3. The second kappa shape index (κ2) is 6.62. The minimum Gasteiger partial charge on any atom is -0.374 e. The Morgan fingerprint density at radius 1 is 0.793 bits per heavy atom. The molecule has 29 heavy (non-hydrogen) atoms. The molecule has 4 bridgehead atoms. The normalized spacial score (nSPS) is 53.9. The fourth-order valence-corrected chi connectivity index (χ4v) is 8.01. The third-order valence-electron chi connectivity index (χ3n) is 10.8. The van der Waals surface area contributed by atoms with Crippen molar-refractivity contribution in [3.63, 3.8) is 0 Å². The minimum atomic E-state index is -3.25. The first kappa shape index (κ1) is 20.6. The molecular formula is C25H39F3O. The van der Waals surface area contributed by atoms with Gasteiger partial charge in [0.05, 0.1) is 17.6 Å². The van der Waals surface area contributed by atoms with E-state index >= 15 is 8.78 Å². The fraction of sp³-hybridized carbons (Fsp3) is 1.00. The van der Waals surface area contributed by atoms with E-state index in [1.165, 1.54) is 44.9 Å². The highest BCUT2D eigenvalue weighted by Gasteiger charge is 2.70. The Balaban J connectivity index is 1.24. The van der Waals surface area contributed by atoms with Gasteiger partial charge in [0.2, 0.25) is 0 Å². The maximum atomic E-state index is 15.1. The predicted octanol–water partition coefficient (Wildman–Crippen LogP) is 7.48. The van der Waals surface area contributed by atoms with E-state index in [4.69, 9.17) is 4.74 Å². The number of hydrogen-bond donors (Lipinski definition) is 0. The largest absolute Gasteiger partial charge is 0.374 e. The Labute approximate surface area is 174 Å². The highest BCUT2D eigenvalue weighted by Crippen LogP contribution is 2.66. The highest BCUT2D eigenvalue weighted by molar-refractivity contribution is 5.13. The molecule has 1 nitrogen and oxygen atoms in total. The number of fused-ring (bicyclic) bond motifs is 6. The molecule has 0 aromatic heterocycles. The quantitative estimate of drug-likeness (QED) is 0.465. The second-order valence-corrected chi connectivity index (χ2v) is 12.2. The van der Waals surface area contributed by atoms with Crippen molar-refractivity contribution in [3.8, 4) is 0 Å². The third-order valence-corrected chi connectivity index (χ3v) is 10.8. The lowest BCUT2D eigenvalue weighted by molar-refractivity contribution is -0.292. The standard InChI is InChI=1S/C25H39F3O/c1-18-3-5-19(6-4-18)22-9-14-24(15-10-22,16-11-22)29-17-23-12-7-21(2,8-13-23)20(26)25(23,27)28/h18-20H,3-17H2,1-2H3. The van der Waals surface area contributed by atoms with Crippen molar-refractivity contribution < 1.29 is 17.9 Å². The molecule has 7 aliphatic carbocycles. The van der Waals surface area contributed by atoms with Crippen molar-refractivity contribution in [1.29, 1.82) is 0 Å². The van der Waals surface area contributed by atoms with Gasteiger partial charge in [-0.25, -0.2) is 13.2 Å². The van der Waals surface area contributed by atoms with Gasteiger partial charge in [-0.3, -0.25) is 0 Å². The molecule has 0 aromatic carbocycles. The third kappa shape index (κ3) is 2.97. The number of ether oxygens (including phenoxy) is 1. The molecule has 7 saturated carbocycles. The van der Waals surface area contributed by atoms with Crippen LogP contribution in [0.25, 0.3) is 0 Å². The van der Waals surface area contributed by atoms with Gasteiger partial charge in [-0.15, -0.1) is 0 Å². The second-order valence-electron chi connectivity index (χ2n) is 12.2. The van der Waals surface area contributed by atoms with E-state index in [-0.39, 0.29) is 12.2 Å². The van der Waals surface area contributed by atoms with Crippen LogP contribution in [0.4, 0.5) is 13.2 Å². The topological polar surface area (TPSA) is 9.23 Å². The van der Waals surface area contributed by atoms with Crippen LogP contribution < -0.4 is 0 Å². The Hall–Kier alpha value is -0.250. The van der Waals surface area contributed by atoms with Crippen molar-refractivity contribution in [3.05, 3.63) is 0 Å². The monoisotopic (exact) mass is 412 g/mol. The number of rotatable bonds is 4. The van der Waals surface area contributed by atoms with Gasteiger partial charge < -0.3 is 4.74 Å². The van der Waals surface area contributed by atoms with E-state index in [1.807, 2.05) is 0 Å². The zero-order chi connectivity index (χ0) is 20.5. The van der Waals surface area contributed by atoms with Crippen LogP contribution in [0.2, 0.25) is 0 Å². The van der Waals surface area contributed by atoms with Crippen molar-refractivity contribution in [2.24, 2.45) is 28.1 Å². The van der Waals surface area contributed by atoms with Crippen LogP contribution in [0.15, 0.2) is 0 Å². The maximum Gasteiger partial charge on any atom is 0.286 e. The van der Waals surface area contributed by atoms with Crippen molar-refractivity contribution in [2.45, 2.75) is 121 Å². The molecule has 0 saturated heterocycles.